The Morgan fingerprint density at radius 3 is 2.44 bits per heavy atom. The van der Waals surface area contributed by atoms with Crippen molar-refractivity contribution in [3.8, 4) is 11.3 Å². The van der Waals surface area contributed by atoms with Crippen LogP contribution in [-0.2, 0) is 0 Å². The Kier molecular flexibility index (Phi) is 3.41. The van der Waals surface area contributed by atoms with Gasteiger partial charge in [-0.1, -0.05) is 23.2 Å². The number of nitrogens with one attached hydrogen (secondary N) is 1. The second-order valence-electron chi connectivity index (χ2n) is 3.54. The summed E-state index contributed by atoms with van der Waals surface area (Å²) in [6.45, 7) is 0. The molecule has 0 saturated heterocycles. The van der Waals surface area contributed by atoms with Gasteiger partial charge in [0.05, 0.1) is 5.02 Å². The van der Waals surface area contributed by atoms with Crippen molar-refractivity contribution in [1.29, 1.82) is 0 Å². The zero-order valence-electron chi connectivity index (χ0n) is 8.91. The lowest BCUT2D eigenvalue weighted by molar-refractivity contribution is 0.0695. The van der Waals surface area contributed by atoms with E-state index in [-0.39, 0.29) is 5.56 Å². The van der Waals surface area contributed by atoms with Crippen LogP contribution in [0.4, 0.5) is 0 Å². The van der Waals surface area contributed by atoms with Crippen LogP contribution in [0.25, 0.3) is 11.3 Å². The Morgan fingerprint density at radius 1 is 1.17 bits per heavy atom. The largest absolute Gasteiger partial charge is 0.477 e. The molecule has 6 heteroatoms. The van der Waals surface area contributed by atoms with E-state index in [2.05, 4.69) is 4.98 Å². The first-order valence-corrected chi connectivity index (χ1v) is 5.66. The molecule has 0 aliphatic carbocycles. The number of hydrogen-bond donors (Lipinski definition) is 2. The van der Waals surface area contributed by atoms with Crippen LogP contribution in [0, 0.1) is 0 Å². The van der Waals surface area contributed by atoms with Crippen molar-refractivity contribution in [2.75, 3.05) is 0 Å². The van der Waals surface area contributed by atoms with Crippen molar-refractivity contribution in [3.63, 3.8) is 0 Å². The molecule has 0 fully saturated rings. The highest BCUT2D eigenvalue weighted by atomic mass is 35.5. The highest BCUT2D eigenvalue weighted by Gasteiger charge is 2.11. The van der Waals surface area contributed by atoms with E-state index in [0.717, 1.165) is 0 Å². The molecule has 0 bridgehead atoms. The van der Waals surface area contributed by atoms with Crippen LogP contribution in [-0.4, -0.2) is 16.1 Å². The lowest BCUT2D eigenvalue weighted by Gasteiger charge is -2.05. The van der Waals surface area contributed by atoms with Gasteiger partial charge >= 0.3 is 5.97 Å². The van der Waals surface area contributed by atoms with Gasteiger partial charge in [-0.15, -0.1) is 0 Å². The zero-order chi connectivity index (χ0) is 13.3. The Labute approximate surface area is 112 Å². The number of pyridine rings is 1. The fraction of sp³-hybridized carbons (Fsp3) is 0. The molecule has 4 nitrogen and oxygen atoms in total. The van der Waals surface area contributed by atoms with Crippen LogP contribution in [0.1, 0.15) is 10.4 Å². The smallest absolute Gasteiger partial charge is 0.341 e. The average Bonchev–Trinajstić information content (AvgIpc) is 2.28. The molecule has 0 aliphatic heterocycles. The third kappa shape index (κ3) is 2.39. The number of aromatic nitrogens is 1. The summed E-state index contributed by atoms with van der Waals surface area (Å²) in [5.74, 6) is -1.27. The summed E-state index contributed by atoms with van der Waals surface area (Å²) >= 11 is 11.8. The van der Waals surface area contributed by atoms with Gasteiger partial charge in [0.15, 0.2) is 0 Å². The van der Waals surface area contributed by atoms with Crippen molar-refractivity contribution < 1.29 is 9.90 Å². The first-order valence-electron chi connectivity index (χ1n) is 4.91. The van der Waals surface area contributed by atoms with Gasteiger partial charge in [0.25, 0.3) is 5.56 Å². The van der Waals surface area contributed by atoms with Crippen LogP contribution >= 0.6 is 23.2 Å². The Morgan fingerprint density at radius 2 is 1.89 bits per heavy atom. The number of carboxylic acid groups (broad SMARTS) is 1. The quantitative estimate of drug-likeness (QED) is 0.890. The molecular weight excluding hydrogens is 277 g/mol. The molecule has 1 aromatic carbocycles. The van der Waals surface area contributed by atoms with Gasteiger partial charge in [-0.2, -0.15) is 0 Å². The highest BCUT2D eigenvalue weighted by Crippen LogP contribution is 2.28. The van der Waals surface area contributed by atoms with E-state index in [9.17, 15) is 9.59 Å². The molecular formula is C12H7Cl2NO3. The number of halogens is 2. The van der Waals surface area contributed by atoms with Gasteiger partial charge in [0.1, 0.15) is 5.56 Å². The normalized spacial score (nSPS) is 10.3. The minimum atomic E-state index is -1.27. The number of carboxylic acids is 1. The average molecular weight is 284 g/mol. The first-order chi connectivity index (χ1) is 8.49. The van der Waals surface area contributed by atoms with Gasteiger partial charge in [-0.05, 0) is 30.3 Å². The SMILES string of the molecule is O=C(O)c1ccc(-c2ccc(Cl)cc2Cl)[nH]c1=O. The van der Waals surface area contributed by atoms with Crippen molar-refractivity contribution in [1.82, 2.24) is 4.98 Å². The van der Waals surface area contributed by atoms with Crippen molar-refractivity contribution >= 4 is 29.2 Å². The molecule has 18 heavy (non-hydrogen) atoms. The molecule has 2 rings (SSSR count). The summed E-state index contributed by atoms with van der Waals surface area (Å²) in [7, 11) is 0. The third-order valence-electron chi connectivity index (χ3n) is 2.36. The predicted molar refractivity (Wildman–Crippen MR) is 69.5 cm³/mol. The van der Waals surface area contributed by atoms with Crippen LogP contribution < -0.4 is 5.56 Å². The zero-order valence-corrected chi connectivity index (χ0v) is 10.4. The second-order valence-corrected chi connectivity index (χ2v) is 4.39. The summed E-state index contributed by atoms with van der Waals surface area (Å²) < 4.78 is 0. The van der Waals surface area contributed by atoms with E-state index in [1.54, 1.807) is 18.2 Å². The molecule has 0 spiro atoms. The fourth-order valence-corrected chi connectivity index (χ4v) is 2.02. The van der Waals surface area contributed by atoms with Crippen LogP contribution in [0.15, 0.2) is 35.1 Å². The van der Waals surface area contributed by atoms with Crippen molar-refractivity contribution in [3.05, 3.63) is 56.3 Å². The second kappa shape index (κ2) is 4.84. The van der Waals surface area contributed by atoms with E-state index in [4.69, 9.17) is 28.3 Å². The molecule has 0 radical (unpaired) electrons. The number of hydrogen-bond acceptors (Lipinski definition) is 2. The van der Waals surface area contributed by atoms with Gasteiger partial charge in [0.2, 0.25) is 0 Å². The number of aromatic carboxylic acids is 1. The molecule has 0 amide bonds. The topological polar surface area (TPSA) is 70.2 Å². The van der Waals surface area contributed by atoms with E-state index in [1.807, 2.05) is 0 Å². The summed E-state index contributed by atoms with van der Waals surface area (Å²) in [4.78, 5) is 24.7. The van der Waals surface area contributed by atoms with Gasteiger partial charge < -0.3 is 10.1 Å². The Bertz CT molecular complexity index is 679. The number of carbonyl (C=O) groups is 1. The lowest BCUT2D eigenvalue weighted by atomic mass is 10.1. The number of aromatic amines is 1. The maximum absolute atomic E-state index is 11.5. The van der Waals surface area contributed by atoms with E-state index >= 15 is 0 Å². The maximum Gasteiger partial charge on any atom is 0.341 e. The number of H-pyrrole nitrogens is 1. The molecule has 0 aliphatic rings. The van der Waals surface area contributed by atoms with E-state index in [0.29, 0.717) is 21.3 Å². The molecule has 0 atom stereocenters. The number of benzene rings is 1. The summed E-state index contributed by atoms with van der Waals surface area (Å²) in [6.07, 6.45) is 0. The van der Waals surface area contributed by atoms with Crippen molar-refractivity contribution in [2.45, 2.75) is 0 Å². The lowest BCUT2D eigenvalue weighted by Crippen LogP contribution is -2.17. The van der Waals surface area contributed by atoms with Gasteiger partial charge in [-0.3, -0.25) is 4.79 Å². The minimum absolute atomic E-state index is 0.316. The molecule has 1 aromatic heterocycles. The summed E-state index contributed by atoms with van der Waals surface area (Å²) in [5.41, 5.74) is 0.0247. The molecule has 92 valence electrons. The van der Waals surface area contributed by atoms with Crippen molar-refractivity contribution in [2.24, 2.45) is 0 Å². The molecule has 2 N–H and O–H groups in total. The minimum Gasteiger partial charge on any atom is -0.477 e. The monoisotopic (exact) mass is 283 g/mol. The maximum atomic E-state index is 11.5. The molecule has 0 saturated carbocycles. The molecule has 0 unspecified atom stereocenters. The highest BCUT2D eigenvalue weighted by molar-refractivity contribution is 6.36. The number of rotatable bonds is 2. The van der Waals surface area contributed by atoms with Crippen LogP contribution in [0.3, 0.4) is 0 Å². The van der Waals surface area contributed by atoms with E-state index < -0.39 is 11.5 Å². The third-order valence-corrected chi connectivity index (χ3v) is 2.91. The Hall–Kier alpha value is -1.78. The van der Waals surface area contributed by atoms with Gasteiger partial charge in [-0.25, -0.2) is 4.79 Å². The fourth-order valence-electron chi connectivity index (χ4n) is 1.51. The summed E-state index contributed by atoms with van der Waals surface area (Å²) in [6, 6.07) is 7.55. The standard InChI is InChI=1S/C12H7Cl2NO3/c13-6-1-2-7(9(14)5-6)10-4-3-8(12(17)18)11(16)15-10/h1-5H,(H,15,16)(H,17,18). The predicted octanol–water partition coefficient (Wildman–Crippen LogP) is 3.05. The Balaban J connectivity index is 2.56. The molecule has 2 aromatic rings. The molecule has 1 heterocycles. The first kappa shape index (κ1) is 12.7. The summed E-state index contributed by atoms with van der Waals surface area (Å²) in [5, 5.41) is 9.61. The van der Waals surface area contributed by atoms with Crippen LogP contribution in [0.2, 0.25) is 10.0 Å². The van der Waals surface area contributed by atoms with Gasteiger partial charge in [0, 0.05) is 16.3 Å². The van der Waals surface area contributed by atoms with Crippen LogP contribution in [0.5, 0.6) is 0 Å². The van der Waals surface area contributed by atoms with E-state index in [1.165, 1.54) is 12.1 Å².